The number of nitrogens with one attached hydrogen (secondary N) is 2. The lowest BCUT2D eigenvalue weighted by Crippen LogP contribution is -2.30. The Morgan fingerprint density at radius 1 is 1.17 bits per heavy atom. The fraction of sp³-hybridized carbons (Fsp3) is 0.278. The summed E-state index contributed by atoms with van der Waals surface area (Å²) in [6.45, 7) is 5.24. The third kappa shape index (κ3) is 4.87. The van der Waals surface area contributed by atoms with Crippen LogP contribution in [0, 0.1) is 0 Å². The Morgan fingerprint density at radius 3 is 2.67 bits per heavy atom. The molecular weight excluding hydrogens is 347 g/mol. The van der Waals surface area contributed by atoms with Crippen LogP contribution in [0.5, 0.6) is 5.75 Å². The van der Waals surface area contributed by atoms with Crippen molar-refractivity contribution < 1.29 is 9.53 Å². The van der Waals surface area contributed by atoms with Crippen LogP contribution >= 0.6 is 23.2 Å². The number of rotatable bonds is 7. The van der Waals surface area contributed by atoms with E-state index < -0.39 is 6.10 Å². The van der Waals surface area contributed by atoms with Crippen molar-refractivity contribution in [2.45, 2.75) is 26.5 Å². The Kier molecular flexibility index (Phi) is 6.91. The standard InChI is InChI=1S/C18H20Cl2N2O2/c1-3-21-11-13-7-4-5-9-15(13)22-18(23)12(2)24-16-10-6-8-14(19)17(16)20/h4-10,12,21H,3,11H2,1-2H3,(H,22,23). The van der Waals surface area contributed by atoms with E-state index in [4.69, 9.17) is 27.9 Å². The van der Waals surface area contributed by atoms with E-state index in [1.807, 2.05) is 31.2 Å². The van der Waals surface area contributed by atoms with E-state index in [2.05, 4.69) is 10.6 Å². The maximum absolute atomic E-state index is 12.4. The summed E-state index contributed by atoms with van der Waals surface area (Å²) in [6, 6.07) is 12.7. The normalized spacial score (nSPS) is 11.8. The number of ether oxygens (including phenoxy) is 1. The van der Waals surface area contributed by atoms with Crippen molar-refractivity contribution in [3.8, 4) is 5.75 Å². The van der Waals surface area contributed by atoms with Crippen LogP contribution in [-0.4, -0.2) is 18.6 Å². The summed E-state index contributed by atoms with van der Waals surface area (Å²) < 4.78 is 5.64. The summed E-state index contributed by atoms with van der Waals surface area (Å²) in [5.74, 6) is 0.128. The van der Waals surface area contributed by atoms with Gasteiger partial charge in [0, 0.05) is 12.2 Å². The second-order valence-corrected chi connectivity index (χ2v) is 6.02. The van der Waals surface area contributed by atoms with E-state index >= 15 is 0 Å². The summed E-state index contributed by atoms with van der Waals surface area (Å²) in [5, 5.41) is 6.82. The van der Waals surface area contributed by atoms with Gasteiger partial charge in [-0.05, 0) is 37.2 Å². The molecule has 0 radical (unpaired) electrons. The molecule has 2 aromatic rings. The lowest BCUT2D eigenvalue weighted by atomic mass is 10.1. The number of para-hydroxylation sites is 1. The zero-order chi connectivity index (χ0) is 17.5. The summed E-state index contributed by atoms with van der Waals surface area (Å²) in [4.78, 5) is 12.4. The van der Waals surface area contributed by atoms with E-state index in [-0.39, 0.29) is 5.91 Å². The number of amides is 1. The van der Waals surface area contributed by atoms with Gasteiger partial charge in [0.1, 0.15) is 10.8 Å². The second-order valence-electron chi connectivity index (χ2n) is 5.24. The molecule has 2 aromatic carbocycles. The predicted molar refractivity (Wildman–Crippen MR) is 99.0 cm³/mol. The lowest BCUT2D eigenvalue weighted by Gasteiger charge is -2.17. The molecule has 4 nitrogen and oxygen atoms in total. The van der Waals surface area contributed by atoms with Crippen molar-refractivity contribution in [2.24, 2.45) is 0 Å². The number of benzene rings is 2. The van der Waals surface area contributed by atoms with Crippen molar-refractivity contribution in [1.29, 1.82) is 0 Å². The highest BCUT2D eigenvalue weighted by Gasteiger charge is 2.18. The number of anilines is 1. The molecule has 0 aliphatic rings. The molecule has 0 spiro atoms. The molecule has 0 aliphatic carbocycles. The highest BCUT2D eigenvalue weighted by Crippen LogP contribution is 2.32. The number of carbonyl (C=O) groups excluding carboxylic acids is 1. The molecule has 0 fully saturated rings. The van der Waals surface area contributed by atoms with Gasteiger partial charge in [-0.25, -0.2) is 0 Å². The molecule has 0 aliphatic heterocycles. The molecule has 128 valence electrons. The average Bonchev–Trinajstić information content (AvgIpc) is 2.58. The van der Waals surface area contributed by atoms with Crippen molar-refractivity contribution >= 4 is 34.8 Å². The van der Waals surface area contributed by atoms with Crippen molar-refractivity contribution in [1.82, 2.24) is 5.32 Å². The Labute approximate surface area is 152 Å². The lowest BCUT2D eigenvalue weighted by molar-refractivity contribution is -0.122. The van der Waals surface area contributed by atoms with E-state index in [1.54, 1.807) is 25.1 Å². The minimum Gasteiger partial charge on any atom is -0.479 e. The molecular formula is C18H20Cl2N2O2. The fourth-order valence-electron chi connectivity index (χ4n) is 2.11. The number of hydrogen-bond acceptors (Lipinski definition) is 3. The Hall–Kier alpha value is -1.75. The van der Waals surface area contributed by atoms with Gasteiger partial charge < -0.3 is 15.4 Å². The molecule has 0 aromatic heterocycles. The predicted octanol–water partition coefficient (Wildman–Crippen LogP) is 4.51. The van der Waals surface area contributed by atoms with Crippen molar-refractivity contribution in [3.05, 3.63) is 58.1 Å². The van der Waals surface area contributed by atoms with E-state index in [0.717, 1.165) is 17.8 Å². The van der Waals surface area contributed by atoms with Gasteiger partial charge in [0.25, 0.3) is 5.91 Å². The van der Waals surface area contributed by atoms with Crippen LogP contribution in [0.25, 0.3) is 0 Å². The van der Waals surface area contributed by atoms with Gasteiger partial charge in [-0.1, -0.05) is 54.4 Å². The van der Waals surface area contributed by atoms with Crippen LogP contribution in [0.1, 0.15) is 19.4 Å². The van der Waals surface area contributed by atoms with Crippen molar-refractivity contribution in [3.63, 3.8) is 0 Å². The summed E-state index contributed by atoms with van der Waals surface area (Å²) in [7, 11) is 0. The monoisotopic (exact) mass is 366 g/mol. The Bertz CT molecular complexity index is 707. The van der Waals surface area contributed by atoms with Crippen LogP contribution < -0.4 is 15.4 Å². The fourth-order valence-corrected chi connectivity index (χ4v) is 2.45. The second kappa shape index (κ2) is 8.92. The molecule has 1 unspecified atom stereocenters. The van der Waals surface area contributed by atoms with Gasteiger partial charge in [0.05, 0.1) is 5.02 Å². The molecule has 0 heterocycles. The third-order valence-electron chi connectivity index (χ3n) is 3.43. The molecule has 0 saturated heterocycles. The maximum Gasteiger partial charge on any atom is 0.265 e. The first kappa shape index (κ1) is 18.6. The third-order valence-corrected chi connectivity index (χ3v) is 4.23. The van der Waals surface area contributed by atoms with Gasteiger partial charge in [-0.2, -0.15) is 0 Å². The first-order valence-corrected chi connectivity index (χ1v) is 8.48. The highest BCUT2D eigenvalue weighted by molar-refractivity contribution is 6.42. The van der Waals surface area contributed by atoms with E-state index in [1.165, 1.54) is 0 Å². The topological polar surface area (TPSA) is 50.4 Å². The molecule has 1 amide bonds. The van der Waals surface area contributed by atoms with Gasteiger partial charge in [0.15, 0.2) is 6.10 Å². The van der Waals surface area contributed by atoms with Crippen LogP contribution in [0.3, 0.4) is 0 Å². The molecule has 2 rings (SSSR count). The molecule has 0 saturated carbocycles. The largest absolute Gasteiger partial charge is 0.479 e. The molecule has 24 heavy (non-hydrogen) atoms. The van der Waals surface area contributed by atoms with Crippen molar-refractivity contribution in [2.75, 3.05) is 11.9 Å². The molecule has 2 N–H and O–H groups in total. The Morgan fingerprint density at radius 2 is 1.92 bits per heavy atom. The Balaban J connectivity index is 2.05. The summed E-state index contributed by atoms with van der Waals surface area (Å²) >= 11 is 12.0. The number of carbonyl (C=O) groups is 1. The van der Waals surface area contributed by atoms with Gasteiger partial charge in [0.2, 0.25) is 0 Å². The number of hydrogen-bond donors (Lipinski definition) is 2. The maximum atomic E-state index is 12.4. The highest BCUT2D eigenvalue weighted by atomic mass is 35.5. The van der Waals surface area contributed by atoms with E-state index in [9.17, 15) is 4.79 Å². The first-order chi connectivity index (χ1) is 11.5. The molecule has 1 atom stereocenters. The zero-order valence-corrected chi connectivity index (χ0v) is 15.1. The van der Waals surface area contributed by atoms with Gasteiger partial charge >= 0.3 is 0 Å². The SMILES string of the molecule is CCNCc1ccccc1NC(=O)C(C)Oc1cccc(Cl)c1Cl. The molecule has 6 heteroatoms. The molecule has 0 bridgehead atoms. The first-order valence-electron chi connectivity index (χ1n) is 7.73. The zero-order valence-electron chi connectivity index (χ0n) is 13.6. The van der Waals surface area contributed by atoms with Gasteiger partial charge in [-0.3, -0.25) is 4.79 Å². The van der Waals surface area contributed by atoms with Crippen LogP contribution in [0.2, 0.25) is 10.0 Å². The summed E-state index contributed by atoms with van der Waals surface area (Å²) in [5.41, 5.74) is 1.77. The quantitative estimate of drug-likeness (QED) is 0.757. The van der Waals surface area contributed by atoms with Crippen LogP contribution in [0.4, 0.5) is 5.69 Å². The van der Waals surface area contributed by atoms with Gasteiger partial charge in [-0.15, -0.1) is 0 Å². The smallest absolute Gasteiger partial charge is 0.265 e. The minimum absolute atomic E-state index is 0.255. The van der Waals surface area contributed by atoms with E-state index in [0.29, 0.717) is 22.3 Å². The average molecular weight is 367 g/mol. The minimum atomic E-state index is -0.715. The van der Waals surface area contributed by atoms with Crippen LogP contribution in [-0.2, 0) is 11.3 Å². The summed E-state index contributed by atoms with van der Waals surface area (Å²) in [6.07, 6.45) is -0.715. The number of halogens is 2. The van der Waals surface area contributed by atoms with Crippen LogP contribution in [0.15, 0.2) is 42.5 Å².